The molecule has 220 valence electrons. The minimum Gasteiger partial charge on any atom is -0.492 e. The molecule has 0 aliphatic rings. The van der Waals surface area contributed by atoms with Crippen molar-refractivity contribution >= 4 is 22.6 Å². The predicted octanol–water partition coefficient (Wildman–Crippen LogP) is 6.20. The lowest BCUT2D eigenvalue weighted by atomic mass is 10.1. The smallest absolute Gasteiger partial charge is 0.332 e. The number of halogens is 1. The second-order valence-corrected chi connectivity index (χ2v) is 10.9. The quantitative estimate of drug-likeness (QED) is 0.0957. The number of hydrogen-bond acceptors (Lipinski definition) is 8. The van der Waals surface area contributed by atoms with Gasteiger partial charge in [0.25, 0.3) is 0 Å². The normalized spacial score (nSPS) is 12.2. The molecule has 9 heteroatoms. The highest BCUT2D eigenvalue weighted by atomic mass is 32.2. The molecule has 0 amide bonds. The zero-order valence-corrected chi connectivity index (χ0v) is 25.3. The summed E-state index contributed by atoms with van der Waals surface area (Å²) in [5.74, 6) is 1.38. The van der Waals surface area contributed by atoms with E-state index in [4.69, 9.17) is 23.7 Å². The van der Waals surface area contributed by atoms with Crippen LogP contribution >= 0.6 is 11.8 Å². The van der Waals surface area contributed by atoms with Crippen molar-refractivity contribution in [3.05, 3.63) is 77.8 Å². The first-order valence-electron chi connectivity index (χ1n) is 13.1. The summed E-state index contributed by atoms with van der Waals surface area (Å²) in [5, 5.41) is 0. The summed E-state index contributed by atoms with van der Waals surface area (Å²) in [6.45, 7) is 14.6. The van der Waals surface area contributed by atoms with Gasteiger partial charge < -0.3 is 28.6 Å². The number of carbonyl (C=O) groups is 1. The number of ether oxygens (including phenoxy) is 5. The summed E-state index contributed by atoms with van der Waals surface area (Å²) in [6, 6.07) is 13.8. The van der Waals surface area contributed by atoms with E-state index in [-0.39, 0.29) is 18.4 Å². The van der Waals surface area contributed by atoms with Crippen molar-refractivity contribution < 1.29 is 32.9 Å². The maximum absolute atomic E-state index is 13.4. The molecule has 0 fully saturated rings. The van der Waals surface area contributed by atoms with Gasteiger partial charge in [0.1, 0.15) is 41.9 Å². The van der Waals surface area contributed by atoms with Gasteiger partial charge in [-0.15, -0.1) is 11.8 Å². The molecule has 0 aliphatic heterocycles. The van der Waals surface area contributed by atoms with Crippen molar-refractivity contribution in [2.24, 2.45) is 0 Å². The molecule has 2 aromatic rings. The number of thioether (sulfide) groups is 1. The zero-order chi connectivity index (χ0) is 29.5. The number of esters is 1. The molecule has 0 atom stereocenters. The second kappa shape index (κ2) is 17.1. The van der Waals surface area contributed by atoms with Gasteiger partial charge in [-0.25, -0.2) is 9.18 Å². The molecule has 0 N–H and O–H groups in total. The Morgan fingerprint density at radius 3 is 2.12 bits per heavy atom. The van der Waals surface area contributed by atoms with E-state index in [0.717, 1.165) is 34.9 Å². The third-order valence-electron chi connectivity index (χ3n) is 5.32. The zero-order valence-electron chi connectivity index (χ0n) is 24.5. The summed E-state index contributed by atoms with van der Waals surface area (Å²) in [6.07, 6.45) is 1.95. The van der Waals surface area contributed by atoms with Crippen LogP contribution in [0.1, 0.15) is 33.3 Å². The highest BCUT2D eigenvalue weighted by Crippen LogP contribution is 2.33. The van der Waals surface area contributed by atoms with Gasteiger partial charge in [0.05, 0.1) is 24.7 Å². The van der Waals surface area contributed by atoms with Gasteiger partial charge in [-0.1, -0.05) is 18.7 Å². The van der Waals surface area contributed by atoms with Gasteiger partial charge in [-0.2, -0.15) is 0 Å². The van der Waals surface area contributed by atoms with E-state index in [9.17, 15) is 9.18 Å². The first-order chi connectivity index (χ1) is 19.0. The van der Waals surface area contributed by atoms with E-state index in [1.807, 2.05) is 65.3 Å². The maximum Gasteiger partial charge on any atom is 0.332 e. The molecular formula is C31H42FNO6S. The number of rotatable bonds is 17. The van der Waals surface area contributed by atoms with E-state index >= 15 is 0 Å². The molecule has 0 aromatic heterocycles. The van der Waals surface area contributed by atoms with Crippen molar-refractivity contribution in [2.75, 3.05) is 59.4 Å². The van der Waals surface area contributed by atoms with Crippen LogP contribution in [0.4, 0.5) is 4.39 Å². The standard InChI is InChI=1S/C31H42FNO6S/c1-23(2)29(30(40-7)24-8-10-25(32)11-9-24)38-27-14-12-26(13-15-27)37-19-17-33(6)16-18-35-20-21-36-22-28(34)39-31(3,4)5/h8-15H,1,16-22H2,2-7H3/b30-29+. The Labute approximate surface area is 242 Å². The van der Waals surface area contributed by atoms with Gasteiger partial charge in [0, 0.05) is 13.1 Å². The van der Waals surface area contributed by atoms with E-state index in [1.165, 1.54) is 23.9 Å². The van der Waals surface area contributed by atoms with E-state index in [0.29, 0.717) is 37.9 Å². The van der Waals surface area contributed by atoms with Crippen LogP contribution in [0, 0.1) is 5.82 Å². The Morgan fingerprint density at radius 2 is 1.52 bits per heavy atom. The van der Waals surface area contributed by atoms with Crippen LogP contribution in [0.15, 0.2) is 66.4 Å². The Kier molecular flexibility index (Phi) is 14.2. The minimum atomic E-state index is -0.513. The lowest BCUT2D eigenvalue weighted by Gasteiger charge is -2.19. The van der Waals surface area contributed by atoms with Gasteiger partial charge in [0.2, 0.25) is 0 Å². The van der Waals surface area contributed by atoms with Gasteiger partial charge >= 0.3 is 5.97 Å². The average molecular weight is 576 g/mol. The molecule has 2 rings (SSSR count). The van der Waals surface area contributed by atoms with Crippen LogP contribution in [0.25, 0.3) is 4.91 Å². The third kappa shape index (κ3) is 13.0. The SMILES string of the molecule is C=C(C)/C(Oc1ccc(OCCN(C)CCOCCOCC(=O)OC(C)(C)C)cc1)=C(\SC)c1ccc(F)cc1. The summed E-state index contributed by atoms with van der Waals surface area (Å²) in [5.41, 5.74) is 1.13. The van der Waals surface area contributed by atoms with E-state index in [1.54, 1.807) is 12.1 Å². The van der Waals surface area contributed by atoms with Crippen molar-refractivity contribution in [3.63, 3.8) is 0 Å². The molecule has 7 nitrogen and oxygen atoms in total. The monoisotopic (exact) mass is 575 g/mol. The second-order valence-electron chi connectivity index (χ2n) is 10.1. The Morgan fingerprint density at radius 1 is 0.925 bits per heavy atom. The molecule has 0 unspecified atom stereocenters. The van der Waals surface area contributed by atoms with Crippen LogP contribution in [0.3, 0.4) is 0 Å². The largest absolute Gasteiger partial charge is 0.492 e. The molecule has 0 saturated carbocycles. The highest BCUT2D eigenvalue weighted by Gasteiger charge is 2.16. The summed E-state index contributed by atoms with van der Waals surface area (Å²) in [4.78, 5) is 14.6. The molecule has 0 radical (unpaired) electrons. The first kappa shape index (κ1) is 33.4. The number of hydrogen-bond donors (Lipinski definition) is 0. The molecule has 0 saturated heterocycles. The van der Waals surface area contributed by atoms with Crippen LogP contribution < -0.4 is 9.47 Å². The fourth-order valence-electron chi connectivity index (χ4n) is 3.39. The molecule has 0 bridgehead atoms. The van der Waals surface area contributed by atoms with Crippen LogP contribution in [0.2, 0.25) is 0 Å². The molecular weight excluding hydrogens is 533 g/mol. The molecule has 2 aromatic carbocycles. The third-order valence-corrected chi connectivity index (χ3v) is 6.15. The van der Waals surface area contributed by atoms with E-state index in [2.05, 4.69) is 11.5 Å². The summed E-state index contributed by atoms with van der Waals surface area (Å²) in [7, 11) is 2.00. The maximum atomic E-state index is 13.4. The Bertz CT molecular complexity index is 1100. The van der Waals surface area contributed by atoms with E-state index < -0.39 is 5.60 Å². The first-order valence-corrected chi connectivity index (χ1v) is 14.4. The number of allylic oxidation sites excluding steroid dienone is 1. The number of likely N-dealkylation sites (N-methyl/N-ethyl adjacent to an activating group) is 1. The number of benzene rings is 2. The summed E-state index contributed by atoms with van der Waals surface area (Å²) >= 11 is 1.52. The predicted molar refractivity (Wildman–Crippen MR) is 159 cm³/mol. The van der Waals surface area contributed by atoms with Crippen LogP contribution in [0.5, 0.6) is 11.5 Å². The fraction of sp³-hybridized carbons (Fsp3) is 0.452. The fourth-order valence-corrected chi connectivity index (χ4v) is 4.16. The molecule has 0 heterocycles. The Balaban J connectivity index is 1.71. The number of carbonyl (C=O) groups excluding carboxylic acids is 1. The Hall–Kier alpha value is -2.85. The van der Waals surface area contributed by atoms with Gasteiger partial charge in [-0.3, -0.25) is 0 Å². The minimum absolute atomic E-state index is 0.0778. The lowest BCUT2D eigenvalue weighted by molar-refractivity contribution is -0.160. The highest BCUT2D eigenvalue weighted by molar-refractivity contribution is 8.07. The molecule has 0 spiro atoms. The topological polar surface area (TPSA) is 66.5 Å². The van der Waals surface area contributed by atoms with Crippen LogP contribution in [-0.4, -0.2) is 75.9 Å². The van der Waals surface area contributed by atoms with Crippen molar-refractivity contribution in [2.45, 2.75) is 33.3 Å². The average Bonchev–Trinajstić information content (AvgIpc) is 2.88. The van der Waals surface area contributed by atoms with Crippen molar-refractivity contribution in [1.29, 1.82) is 0 Å². The van der Waals surface area contributed by atoms with Crippen LogP contribution in [-0.2, 0) is 19.0 Å². The van der Waals surface area contributed by atoms with Gasteiger partial charge in [-0.05, 0) is 88.5 Å². The van der Waals surface area contributed by atoms with Gasteiger partial charge in [0.15, 0.2) is 0 Å². The summed E-state index contributed by atoms with van der Waals surface area (Å²) < 4.78 is 41.5. The van der Waals surface area contributed by atoms with Crippen molar-refractivity contribution in [3.8, 4) is 11.5 Å². The molecule has 40 heavy (non-hydrogen) atoms. The molecule has 0 aliphatic carbocycles. The van der Waals surface area contributed by atoms with Crippen molar-refractivity contribution in [1.82, 2.24) is 4.90 Å². The lowest BCUT2D eigenvalue weighted by Crippen LogP contribution is -2.28. The number of nitrogens with zero attached hydrogens (tertiary/aromatic N) is 1.